The van der Waals surface area contributed by atoms with Crippen LogP contribution in [0.3, 0.4) is 0 Å². The van der Waals surface area contributed by atoms with Gasteiger partial charge in [0, 0.05) is 24.2 Å². The standard InChI is InChI=1S/C12H17ClN2/c1-3-15-7-10-8(2)11(13)5-4-9(10)12(15)6-14/h4-5,12H,3,6-7,14H2,1-2H3. The minimum atomic E-state index is 0.376. The molecule has 1 aromatic rings. The van der Waals surface area contributed by atoms with Gasteiger partial charge in [-0.1, -0.05) is 24.6 Å². The molecule has 82 valence electrons. The third kappa shape index (κ3) is 1.67. The van der Waals surface area contributed by atoms with Gasteiger partial charge in [-0.3, -0.25) is 4.90 Å². The van der Waals surface area contributed by atoms with Gasteiger partial charge in [-0.2, -0.15) is 0 Å². The lowest BCUT2D eigenvalue weighted by atomic mass is 10.0. The maximum atomic E-state index is 6.12. The number of benzene rings is 1. The van der Waals surface area contributed by atoms with Crippen LogP contribution in [0.15, 0.2) is 12.1 Å². The van der Waals surface area contributed by atoms with Gasteiger partial charge in [0.05, 0.1) is 0 Å². The Balaban J connectivity index is 2.47. The van der Waals surface area contributed by atoms with Crippen LogP contribution in [0.25, 0.3) is 0 Å². The second-order valence-corrected chi connectivity index (χ2v) is 4.46. The zero-order chi connectivity index (χ0) is 11.0. The second-order valence-electron chi connectivity index (χ2n) is 4.05. The average molecular weight is 225 g/mol. The normalized spacial score (nSPS) is 20.7. The highest BCUT2D eigenvalue weighted by Crippen LogP contribution is 2.36. The molecule has 0 fully saturated rings. The van der Waals surface area contributed by atoms with E-state index >= 15 is 0 Å². The van der Waals surface area contributed by atoms with E-state index in [9.17, 15) is 0 Å². The SMILES string of the molecule is CCN1Cc2c(ccc(Cl)c2C)C1CN. The van der Waals surface area contributed by atoms with Gasteiger partial charge >= 0.3 is 0 Å². The second kappa shape index (κ2) is 4.12. The van der Waals surface area contributed by atoms with Crippen LogP contribution in [0.4, 0.5) is 0 Å². The number of likely N-dealkylation sites (N-methyl/N-ethyl adjacent to an activating group) is 1. The zero-order valence-electron chi connectivity index (χ0n) is 9.26. The third-order valence-corrected chi connectivity index (χ3v) is 3.77. The first-order chi connectivity index (χ1) is 7.19. The number of hydrogen-bond acceptors (Lipinski definition) is 2. The number of nitrogens with two attached hydrogens (primary N) is 1. The predicted molar refractivity (Wildman–Crippen MR) is 64.1 cm³/mol. The van der Waals surface area contributed by atoms with Crippen LogP contribution < -0.4 is 5.73 Å². The summed E-state index contributed by atoms with van der Waals surface area (Å²) < 4.78 is 0. The van der Waals surface area contributed by atoms with Crippen LogP contribution in [0, 0.1) is 6.92 Å². The number of nitrogens with zero attached hydrogens (tertiary/aromatic N) is 1. The van der Waals surface area contributed by atoms with Gasteiger partial charge in [0.15, 0.2) is 0 Å². The lowest BCUT2D eigenvalue weighted by molar-refractivity contribution is 0.232. The molecular weight excluding hydrogens is 208 g/mol. The summed E-state index contributed by atoms with van der Waals surface area (Å²) in [6.07, 6.45) is 0. The van der Waals surface area contributed by atoms with Crippen LogP contribution in [-0.2, 0) is 6.54 Å². The molecule has 15 heavy (non-hydrogen) atoms. The van der Waals surface area contributed by atoms with E-state index in [1.165, 1.54) is 16.7 Å². The molecule has 0 saturated heterocycles. The number of halogens is 1. The van der Waals surface area contributed by atoms with E-state index in [1.807, 2.05) is 6.07 Å². The molecule has 0 saturated carbocycles. The predicted octanol–water partition coefficient (Wildman–Crippen LogP) is 2.48. The van der Waals surface area contributed by atoms with E-state index in [4.69, 9.17) is 17.3 Å². The van der Waals surface area contributed by atoms with Crippen molar-refractivity contribution in [1.29, 1.82) is 0 Å². The summed E-state index contributed by atoms with van der Waals surface area (Å²) >= 11 is 6.12. The van der Waals surface area contributed by atoms with Crippen molar-refractivity contribution >= 4 is 11.6 Å². The molecule has 0 bridgehead atoms. The molecule has 2 rings (SSSR count). The number of hydrogen-bond donors (Lipinski definition) is 1. The molecule has 1 heterocycles. The summed E-state index contributed by atoms with van der Waals surface area (Å²) in [6.45, 7) is 6.97. The molecule has 1 atom stereocenters. The fraction of sp³-hybridized carbons (Fsp3) is 0.500. The summed E-state index contributed by atoms with van der Waals surface area (Å²) in [4.78, 5) is 2.40. The molecule has 0 aromatic heterocycles. The Kier molecular flexibility index (Phi) is 3.01. The molecule has 0 aliphatic carbocycles. The maximum Gasteiger partial charge on any atom is 0.0477 e. The first-order valence-corrected chi connectivity index (χ1v) is 5.78. The molecule has 1 aromatic carbocycles. The van der Waals surface area contributed by atoms with Crippen molar-refractivity contribution in [3.05, 3.63) is 33.8 Å². The summed E-state index contributed by atoms with van der Waals surface area (Å²) in [6, 6.07) is 4.48. The van der Waals surface area contributed by atoms with Crippen molar-refractivity contribution in [1.82, 2.24) is 4.90 Å². The van der Waals surface area contributed by atoms with Crippen LogP contribution in [-0.4, -0.2) is 18.0 Å². The molecule has 3 heteroatoms. The van der Waals surface area contributed by atoms with Crippen molar-refractivity contribution in [3.63, 3.8) is 0 Å². The topological polar surface area (TPSA) is 29.3 Å². The lowest BCUT2D eigenvalue weighted by Gasteiger charge is -2.21. The van der Waals surface area contributed by atoms with Gasteiger partial charge in [0.1, 0.15) is 0 Å². The Labute approximate surface area is 96.0 Å². The maximum absolute atomic E-state index is 6.12. The number of fused-ring (bicyclic) bond motifs is 1. The minimum absolute atomic E-state index is 0.376. The molecule has 1 aliphatic heterocycles. The van der Waals surface area contributed by atoms with Gasteiger partial charge in [-0.15, -0.1) is 0 Å². The van der Waals surface area contributed by atoms with Gasteiger partial charge in [-0.05, 0) is 36.2 Å². The van der Waals surface area contributed by atoms with E-state index in [2.05, 4.69) is 24.8 Å². The highest BCUT2D eigenvalue weighted by Gasteiger charge is 2.29. The van der Waals surface area contributed by atoms with E-state index < -0.39 is 0 Å². The summed E-state index contributed by atoms with van der Waals surface area (Å²) in [7, 11) is 0. The van der Waals surface area contributed by atoms with E-state index in [0.717, 1.165) is 18.1 Å². The summed E-state index contributed by atoms with van der Waals surface area (Å²) in [5.74, 6) is 0. The van der Waals surface area contributed by atoms with Gasteiger partial charge < -0.3 is 5.73 Å². The monoisotopic (exact) mass is 224 g/mol. The van der Waals surface area contributed by atoms with Crippen LogP contribution in [0.5, 0.6) is 0 Å². The molecule has 0 radical (unpaired) electrons. The summed E-state index contributed by atoms with van der Waals surface area (Å²) in [5.41, 5.74) is 9.78. The molecule has 0 amide bonds. The first kappa shape index (κ1) is 10.9. The van der Waals surface area contributed by atoms with E-state index in [1.54, 1.807) is 0 Å². The van der Waals surface area contributed by atoms with Crippen molar-refractivity contribution in [2.45, 2.75) is 26.4 Å². The Morgan fingerprint density at radius 2 is 2.27 bits per heavy atom. The van der Waals surface area contributed by atoms with Crippen molar-refractivity contribution in [3.8, 4) is 0 Å². The van der Waals surface area contributed by atoms with Crippen LogP contribution >= 0.6 is 11.6 Å². The quantitative estimate of drug-likeness (QED) is 0.837. The Morgan fingerprint density at radius 1 is 1.53 bits per heavy atom. The van der Waals surface area contributed by atoms with E-state index in [-0.39, 0.29) is 0 Å². The van der Waals surface area contributed by atoms with Gasteiger partial charge in [0.2, 0.25) is 0 Å². The third-order valence-electron chi connectivity index (χ3n) is 3.36. The van der Waals surface area contributed by atoms with Gasteiger partial charge in [0.25, 0.3) is 0 Å². The molecule has 2 N–H and O–H groups in total. The van der Waals surface area contributed by atoms with Gasteiger partial charge in [-0.25, -0.2) is 0 Å². The fourth-order valence-corrected chi connectivity index (χ4v) is 2.57. The highest BCUT2D eigenvalue weighted by molar-refractivity contribution is 6.31. The largest absolute Gasteiger partial charge is 0.329 e. The molecule has 1 aliphatic rings. The average Bonchev–Trinajstić information content (AvgIpc) is 2.61. The minimum Gasteiger partial charge on any atom is -0.329 e. The Hall–Kier alpha value is -0.570. The smallest absolute Gasteiger partial charge is 0.0477 e. The highest BCUT2D eigenvalue weighted by atomic mass is 35.5. The molecule has 2 nitrogen and oxygen atoms in total. The molecular formula is C12H17ClN2. The Morgan fingerprint density at radius 3 is 2.87 bits per heavy atom. The lowest BCUT2D eigenvalue weighted by Crippen LogP contribution is -2.27. The Bertz CT molecular complexity index is 376. The first-order valence-electron chi connectivity index (χ1n) is 5.41. The van der Waals surface area contributed by atoms with Crippen LogP contribution in [0.1, 0.15) is 29.7 Å². The zero-order valence-corrected chi connectivity index (χ0v) is 10.0. The molecule has 1 unspecified atom stereocenters. The number of rotatable bonds is 2. The van der Waals surface area contributed by atoms with Crippen molar-refractivity contribution in [2.75, 3.05) is 13.1 Å². The van der Waals surface area contributed by atoms with Crippen LogP contribution in [0.2, 0.25) is 5.02 Å². The summed E-state index contributed by atoms with van der Waals surface area (Å²) in [5, 5.41) is 0.863. The molecule has 0 spiro atoms. The van der Waals surface area contributed by atoms with Crippen molar-refractivity contribution < 1.29 is 0 Å². The van der Waals surface area contributed by atoms with E-state index in [0.29, 0.717) is 12.6 Å². The fourth-order valence-electron chi connectivity index (χ4n) is 2.39. The van der Waals surface area contributed by atoms with Crippen molar-refractivity contribution in [2.24, 2.45) is 5.73 Å².